The average molecular weight is 239 g/mol. The van der Waals surface area contributed by atoms with Crippen LogP contribution in [-0.2, 0) is 4.79 Å². The van der Waals surface area contributed by atoms with E-state index in [1.54, 1.807) is 0 Å². The summed E-state index contributed by atoms with van der Waals surface area (Å²) in [6.07, 6.45) is 0.314. The highest BCUT2D eigenvalue weighted by atomic mass is 16.6. The van der Waals surface area contributed by atoms with Crippen molar-refractivity contribution in [1.82, 2.24) is 0 Å². The van der Waals surface area contributed by atoms with Gasteiger partial charge < -0.3 is 9.47 Å². The summed E-state index contributed by atoms with van der Waals surface area (Å²) in [5.41, 5.74) is -0.677. The van der Waals surface area contributed by atoms with Gasteiger partial charge in [0.15, 0.2) is 6.29 Å². The zero-order chi connectivity index (χ0) is 13.0. The van der Waals surface area contributed by atoms with E-state index in [0.29, 0.717) is 6.29 Å². The molecular weight excluding hydrogens is 230 g/mol. The first-order valence-corrected chi connectivity index (χ1v) is 4.49. The number of nitrogens with zero attached hydrogens (tertiary/aromatic N) is 1. The van der Waals surface area contributed by atoms with Crippen LogP contribution in [0.25, 0.3) is 0 Å². The quantitative estimate of drug-likeness (QED) is 0.258. The Kier molecular flexibility index (Phi) is 3.76. The van der Waals surface area contributed by atoms with Gasteiger partial charge in [0.1, 0.15) is 17.1 Å². The van der Waals surface area contributed by atoms with E-state index in [4.69, 9.17) is 9.47 Å². The van der Waals surface area contributed by atoms with Gasteiger partial charge in [-0.15, -0.1) is 0 Å². The van der Waals surface area contributed by atoms with Crippen molar-refractivity contribution in [3.8, 4) is 11.5 Å². The average Bonchev–Trinajstić information content (AvgIpc) is 2.26. The van der Waals surface area contributed by atoms with Crippen molar-refractivity contribution in [2.45, 2.75) is 6.92 Å². The number of benzene rings is 1. The molecule has 0 amide bonds. The maximum atomic E-state index is 10.8. The summed E-state index contributed by atoms with van der Waals surface area (Å²) in [6, 6.07) is 2.23. The number of hydrogen-bond acceptors (Lipinski definition) is 6. The minimum Gasteiger partial charge on any atom is -0.496 e. The lowest BCUT2D eigenvalue weighted by Crippen LogP contribution is -2.04. The van der Waals surface area contributed by atoms with E-state index in [1.165, 1.54) is 13.2 Å². The molecule has 0 saturated heterocycles. The minimum atomic E-state index is -0.751. The van der Waals surface area contributed by atoms with Crippen molar-refractivity contribution in [2.75, 3.05) is 7.11 Å². The molecule has 0 unspecified atom stereocenters. The van der Waals surface area contributed by atoms with Gasteiger partial charge in [-0.2, -0.15) is 0 Å². The highest BCUT2D eigenvalue weighted by Gasteiger charge is 2.21. The maximum Gasteiger partial charge on any atom is 0.308 e. The lowest BCUT2D eigenvalue weighted by atomic mass is 10.1. The van der Waals surface area contributed by atoms with Gasteiger partial charge in [0.25, 0.3) is 5.69 Å². The number of carbonyl (C=O) groups is 2. The summed E-state index contributed by atoms with van der Waals surface area (Å²) < 4.78 is 9.53. The lowest BCUT2D eigenvalue weighted by molar-refractivity contribution is -0.385. The number of carbonyl (C=O) groups excluding carboxylic acids is 2. The molecule has 0 bridgehead atoms. The fourth-order valence-electron chi connectivity index (χ4n) is 1.25. The maximum absolute atomic E-state index is 10.8. The number of ether oxygens (including phenoxy) is 2. The van der Waals surface area contributed by atoms with Crippen molar-refractivity contribution in [3.63, 3.8) is 0 Å². The first-order valence-electron chi connectivity index (χ1n) is 4.49. The van der Waals surface area contributed by atoms with Gasteiger partial charge in [-0.05, 0) is 0 Å². The summed E-state index contributed by atoms with van der Waals surface area (Å²) in [5, 5.41) is 10.7. The Morgan fingerprint density at radius 3 is 2.53 bits per heavy atom. The topological polar surface area (TPSA) is 95.7 Å². The standard InChI is InChI=1S/C10H9NO6/c1-6(13)17-7-3-9(11(14)15)8(5-12)10(4-7)16-2/h3-5H,1-2H3. The van der Waals surface area contributed by atoms with Gasteiger partial charge in [0.05, 0.1) is 18.1 Å². The molecule has 0 N–H and O–H groups in total. The molecule has 0 aromatic heterocycles. The third kappa shape index (κ3) is 2.77. The molecule has 0 heterocycles. The molecule has 0 spiro atoms. The van der Waals surface area contributed by atoms with E-state index in [0.717, 1.165) is 13.0 Å². The Labute approximate surface area is 96.1 Å². The van der Waals surface area contributed by atoms with Crippen LogP contribution in [0, 0.1) is 10.1 Å². The van der Waals surface area contributed by atoms with Crippen molar-refractivity contribution >= 4 is 17.9 Å². The second kappa shape index (κ2) is 5.06. The van der Waals surface area contributed by atoms with Crippen LogP contribution in [0.1, 0.15) is 17.3 Å². The van der Waals surface area contributed by atoms with Crippen LogP contribution in [0.15, 0.2) is 12.1 Å². The SMILES string of the molecule is COc1cc(OC(C)=O)cc([N+](=O)[O-])c1C=O. The molecule has 1 aromatic carbocycles. The number of methoxy groups -OCH3 is 1. The predicted octanol–water partition coefficient (Wildman–Crippen LogP) is 1.34. The molecule has 90 valence electrons. The van der Waals surface area contributed by atoms with E-state index < -0.39 is 16.6 Å². The van der Waals surface area contributed by atoms with E-state index in [1.807, 2.05) is 0 Å². The lowest BCUT2D eigenvalue weighted by Gasteiger charge is -2.07. The third-order valence-corrected chi connectivity index (χ3v) is 1.89. The Hall–Kier alpha value is -2.44. The third-order valence-electron chi connectivity index (χ3n) is 1.89. The largest absolute Gasteiger partial charge is 0.496 e. The molecule has 0 atom stereocenters. The zero-order valence-electron chi connectivity index (χ0n) is 9.13. The minimum absolute atomic E-state index is 0.0227. The fourth-order valence-corrected chi connectivity index (χ4v) is 1.25. The van der Waals surface area contributed by atoms with Gasteiger partial charge in [-0.3, -0.25) is 19.7 Å². The number of nitro benzene ring substituents is 1. The normalized spacial score (nSPS) is 9.53. The zero-order valence-corrected chi connectivity index (χ0v) is 9.13. The summed E-state index contributed by atoms with van der Waals surface area (Å²) in [5.74, 6) is -0.697. The van der Waals surface area contributed by atoms with Crippen LogP contribution in [0.5, 0.6) is 11.5 Å². The molecule has 1 aromatic rings. The Bertz CT molecular complexity index is 482. The predicted molar refractivity (Wildman–Crippen MR) is 56.3 cm³/mol. The molecule has 1 rings (SSSR count). The Morgan fingerprint density at radius 2 is 2.12 bits per heavy atom. The highest BCUT2D eigenvalue weighted by Crippen LogP contribution is 2.32. The number of nitro groups is 1. The summed E-state index contributed by atoms with van der Waals surface area (Å²) in [6.45, 7) is 1.16. The Balaban J connectivity index is 3.39. The van der Waals surface area contributed by atoms with Crippen molar-refractivity contribution in [1.29, 1.82) is 0 Å². The summed E-state index contributed by atoms with van der Waals surface area (Å²) >= 11 is 0. The fraction of sp³-hybridized carbons (Fsp3) is 0.200. The molecule has 0 aliphatic heterocycles. The van der Waals surface area contributed by atoms with Gasteiger partial charge in [-0.25, -0.2) is 0 Å². The van der Waals surface area contributed by atoms with E-state index in [2.05, 4.69) is 0 Å². The number of rotatable bonds is 4. The molecule has 0 aliphatic rings. The molecular formula is C10H9NO6. The molecule has 17 heavy (non-hydrogen) atoms. The molecule has 0 saturated carbocycles. The van der Waals surface area contributed by atoms with Crippen LogP contribution in [-0.4, -0.2) is 24.3 Å². The van der Waals surface area contributed by atoms with Crippen molar-refractivity contribution < 1.29 is 24.0 Å². The van der Waals surface area contributed by atoms with Gasteiger partial charge in [0, 0.05) is 13.0 Å². The van der Waals surface area contributed by atoms with E-state index in [9.17, 15) is 19.7 Å². The van der Waals surface area contributed by atoms with Crippen LogP contribution in [0.4, 0.5) is 5.69 Å². The van der Waals surface area contributed by atoms with E-state index >= 15 is 0 Å². The summed E-state index contributed by atoms with van der Waals surface area (Å²) in [4.78, 5) is 31.5. The summed E-state index contributed by atoms with van der Waals surface area (Å²) in [7, 11) is 1.25. The molecule has 0 fully saturated rings. The molecule has 7 heteroatoms. The molecule has 7 nitrogen and oxygen atoms in total. The first-order chi connectivity index (χ1) is 7.99. The van der Waals surface area contributed by atoms with E-state index in [-0.39, 0.29) is 17.1 Å². The highest BCUT2D eigenvalue weighted by molar-refractivity contribution is 5.86. The monoisotopic (exact) mass is 239 g/mol. The number of esters is 1. The van der Waals surface area contributed by atoms with Crippen LogP contribution in [0.2, 0.25) is 0 Å². The van der Waals surface area contributed by atoms with Crippen molar-refractivity contribution in [2.24, 2.45) is 0 Å². The smallest absolute Gasteiger partial charge is 0.308 e. The van der Waals surface area contributed by atoms with Gasteiger partial charge >= 0.3 is 5.97 Å². The van der Waals surface area contributed by atoms with Crippen molar-refractivity contribution in [3.05, 3.63) is 27.8 Å². The molecule has 0 aliphatic carbocycles. The van der Waals surface area contributed by atoms with Crippen LogP contribution in [0.3, 0.4) is 0 Å². The van der Waals surface area contributed by atoms with Crippen LogP contribution < -0.4 is 9.47 Å². The van der Waals surface area contributed by atoms with Crippen LogP contribution >= 0.6 is 0 Å². The second-order valence-electron chi connectivity index (χ2n) is 3.03. The Morgan fingerprint density at radius 1 is 1.47 bits per heavy atom. The van der Waals surface area contributed by atoms with Gasteiger partial charge in [-0.1, -0.05) is 0 Å². The molecule has 0 radical (unpaired) electrons. The second-order valence-corrected chi connectivity index (χ2v) is 3.03. The van der Waals surface area contributed by atoms with Gasteiger partial charge in [0.2, 0.25) is 0 Å². The first kappa shape index (κ1) is 12.6. The number of aldehydes is 1. The number of hydrogen-bond donors (Lipinski definition) is 0.